The van der Waals surface area contributed by atoms with Crippen LogP contribution in [0, 0.1) is 5.92 Å². The third-order valence-corrected chi connectivity index (χ3v) is 5.81. The van der Waals surface area contributed by atoms with Gasteiger partial charge in [-0.25, -0.2) is 4.79 Å². The minimum Gasteiger partial charge on any atom is -0.497 e. The van der Waals surface area contributed by atoms with Crippen LogP contribution in [-0.2, 0) is 4.74 Å². The Bertz CT molecular complexity index is 999. The molecular weight excluding hydrogens is 436 g/mol. The molecule has 0 bridgehead atoms. The third kappa shape index (κ3) is 6.61. The number of methoxy groups -OCH3 is 2. The number of benzene rings is 2. The van der Waals surface area contributed by atoms with E-state index in [2.05, 4.69) is 22.9 Å². The predicted octanol–water partition coefficient (Wildman–Crippen LogP) is 3.43. The normalized spacial score (nSPS) is 21.4. The molecule has 3 amide bonds. The number of carbonyl (C=O) groups excluding carboxylic acids is 2. The Morgan fingerprint density at radius 1 is 1.12 bits per heavy atom. The van der Waals surface area contributed by atoms with Crippen LogP contribution < -0.4 is 25.4 Å². The van der Waals surface area contributed by atoms with Crippen molar-refractivity contribution in [3.63, 3.8) is 0 Å². The molecule has 0 aliphatic carbocycles. The number of urea groups is 1. The van der Waals surface area contributed by atoms with E-state index in [-0.39, 0.29) is 24.0 Å². The van der Waals surface area contributed by atoms with E-state index >= 15 is 0 Å². The molecule has 1 heterocycles. The summed E-state index contributed by atoms with van der Waals surface area (Å²) in [5, 5.41) is 9.00. The van der Waals surface area contributed by atoms with Gasteiger partial charge in [0.15, 0.2) is 0 Å². The van der Waals surface area contributed by atoms with Crippen LogP contribution in [0.2, 0.25) is 0 Å². The second kappa shape index (κ2) is 11.7. The van der Waals surface area contributed by atoms with Gasteiger partial charge in [-0.2, -0.15) is 0 Å². The van der Waals surface area contributed by atoms with Gasteiger partial charge in [0.25, 0.3) is 5.91 Å². The molecule has 3 atom stereocenters. The van der Waals surface area contributed by atoms with E-state index in [4.69, 9.17) is 14.2 Å². The summed E-state index contributed by atoms with van der Waals surface area (Å²) in [5.41, 5.74) is 1.43. The van der Waals surface area contributed by atoms with Crippen molar-refractivity contribution in [2.24, 2.45) is 5.92 Å². The molecule has 0 saturated carbocycles. The number of nitrogens with one attached hydrogen (secondary N) is 3. The Morgan fingerprint density at radius 3 is 2.56 bits per heavy atom. The fourth-order valence-corrected chi connectivity index (χ4v) is 3.73. The largest absolute Gasteiger partial charge is 0.497 e. The molecule has 34 heavy (non-hydrogen) atoms. The average molecular weight is 471 g/mol. The standard InChI is InChI=1S/C25H34N4O5/c1-16-13-26-17(2)15-34-22-10-9-19(12-21(22)24(30)29(3)14-23(16)33-5)28-25(31)27-18-7-6-8-20(11-18)32-4/h6-12,16-17,23,26H,13-15H2,1-5H3,(H2,27,28,31)/t16-,17+,23-/m1/s1. The van der Waals surface area contributed by atoms with Crippen LogP contribution in [0.15, 0.2) is 42.5 Å². The summed E-state index contributed by atoms with van der Waals surface area (Å²) in [7, 11) is 4.96. The highest BCUT2D eigenvalue weighted by molar-refractivity contribution is 6.02. The molecule has 3 rings (SSSR count). The summed E-state index contributed by atoms with van der Waals surface area (Å²) in [6.45, 7) is 5.71. The molecule has 0 fully saturated rings. The highest BCUT2D eigenvalue weighted by Gasteiger charge is 2.25. The molecule has 0 spiro atoms. The Morgan fingerprint density at radius 2 is 1.85 bits per heavy atom. The van der Waals surface area contributed by atoms with Crippen LogP contribution in [0.5, 0.6) is 11.5 Å². The summed E-state index contributed by atoms with van der Waals surface area (Å²) in [6, 6.07) is 11.8. The van der Waals surface area contributed by atoms with Crippen molar-refractivity contribution in [3.8, 4) is 11.5 Å². The zero-order valence-corrected chi connectivity index (χ0v) is 20.4. The van der Waals surface area contributed by atoms with E-state index in [1.807, 2.05) is 6.92 Å². The maximum absolute atomic E-state index is 13.3. The lowest BCUT2D eigenvalue weighted by molar-refractivity contribution is 0.0281. The van der Waals surface area contributed by atoms with Crippen LogP contribution in [0.3, 0.4) is 0 Å². The van der Waals surface area contributed by atoms with E-state index in [1.54, 1.807) is 68.6 Å². The minimum absolute atomic E-state index is 0.0894. The van der Waals surface area contributed by atoms with Gasteiger partial charge in [0, 0.05) is 50.7 Å². The highest BCUT2D eigenvalue weighted by Crippen LogP contribution is 2.26. The molecule has 9 heteroatoms. The van der Waals surface area contributed by atoms with Crippen molar-refractivity contribution in [1.29, 1.82) is 0 Å². The second-order valence-corrected chi connectivity index (χ2v) is 8.58. The van der Waals surface area contributed by atoms with E-state index in [1.165, 1.54) is 0 Å². The average Bonchev–Trinajstić information content (AvgIpc) is 2.83. The monoisotopic (exact) mass is 470 g/mol. The Balaban J connectivity index is 1.81. The quantitative estimate of drug-likeness (QED) is 0.633. The van der Waals surface area contributed by atoms with Crippen LogP contribution in [0.1, 0.15) is 24.2 Å². The molecule has 3 N–H and O–H groups in total. The van der Waals surface area contributed by atoms with Gasteiger partial charge in [-0.1, -0.05) is 13.0 Å². The van der Waals surface area contributed by atoms with Crippen molar-refractivity contribution >= 4 is 23.3 Å². The number of likely N-dealkylation sites (N-methyl/N-ethyl adjacent to an activating group) is 1. The third-order valence-electron chi connectivity index (χ3n) is 5.81. The minimum atomic E-state index is -0.436. The van der Waals surface area contributed by atoms with Gasteiger partial charge < -0.3 is 35.1 Å². The zero-order chi connectivity index (χ0) is 24.7. The zero-order valence-electron chi connectivity index (χ0n) is 20.4. The molecule has 9 nitrogen and oxygen atoms in total. The molecule has 1 aliphatic heterocycles. The lowest BCUT2D eigenvalue weighted by Crippen LogP contribution is -2.44. The van der Waals surface area contributed by atoms with Crippen molar-refractivity contribution in [3.05, 3.63) is 48.0 Å². The number of ether oxygens (including phenoxy) is 3. The van der Waals surface area contributed by atoms with Crippen molar-refractivity contribution < 1.29 is 23.8 Å². The summed E-state index contributed by atoms with van der Waals surface area (Å²) in [6.07, 6.45) is -0.118. The Kier molecular flexibility index (Phi) is 8.72. The number of anilines is 2. The van der Waals surface area contributed by atoms with Crippen molar-refractivity contribution in [2.45, 2.75) is 26.0 Å². The van der Waals surface area contributed by atoms with Crippen LogP contribution in [0.4, 0.5) is 16.2 Å². The number of carbonyl (C=O) groups is 2. The Labute approximate surface area is 200 Å². The van der Waals surface area contributed by atoms with Gasteiger partial charge in [-0.15, -0.1) is 0 Å². The number of hydrogen-bond acceptors (Lipinski definition) is 6. The molecule has 0 unspecified atom stereocenters. The molecular formula is C25H34N4O5. The molecule has 1 aliphatic rings. The first-order chi connectivity index (χ1) is 16.3. The molecule has 0 saturated heterocycles. The van der Waals surface area contributed by atoms with Crippen molar-refractivity contribution in [1.82, 2.24) is 10.2 Å². The van der Waals surface area contributed by atoms with E-state index < -0.39 is 6.03 Å². The lowest BCUT2D eigenvalue weighted by Gasteiger charge is -2.30. The van der Waals surface area contributed by atoms with Gasteiger partial charge in [0.2, 0.25) is 0 Å². The second-order valence-electron chi connectivity index (χ2n) is 8.58. The van der Waals surface area contributed by atoms with Crippen LogP contribution >= 0.6 is 0 Å². The van der Waals surface area contributed by atoms with Gasteiger partial charge in [-0.3, -0.25) is 4.79 Å². The maximum atomic E-state index is 13.3. The maximum Gasteiger partial charge on any atom is 0.323 e. The fraction of sp³-hybridized carbons (Fsp3) is 0.440. The fourth-order valence-electron chi connectivity index (χ4n) is 3.73. The van der Waals surface area contributed by atoms with E-state index in [0.29, 0.717) is 41.6 Å². The van der Waals surface area contributed by atoms with E-state index in [9.17, 15) is 9.59 Å². The molecule has 2 aromatic rings. The molecule has 0 radical (unpaired) electrons. The number of amides is 3. The van der Waals surface area contributed by atoms with Crippen molar-refractivity contribution in [2.75, 3.05) is 51.6 Å². The lowest BCUT2D eigenvalue weighted by atomic mass is 10.0. The number of fused-ring (bicyclic) bond motifs is 1. The first-order valence-electron chi connectivity index (χ1n) is 11.3. The number of nitrogens with zero attached hydrogens (tertiary/aromatic N) is 1. The number of rotatable bonds is 4. The van der Waals surface area contributed by atoms with Crippen LogP contribution in [0.25, 0.3) is 0 Å². The van der Waals surface area contributed by atoms with E-state index in [0.717, 1.165) is 6.54 Å². The SMILES string of the molecule is COc1cccc(NC(=O)Nc2ccc3c(c2)C(=O)N(C)C[C@@H](OC)[C@H](C)CN[C@@H](C)CO3)c1. The summed E-state index contributed by atoms with van der Waals surface area (Å²) in [5.74, 6) is 1.10. The van der Waals surface area contributed by atoms with Gasteiger partial charge in [0.05, 0.1) is 18.8 Å². The first-order valence-corrected chi connectivity index (χ1v) is 11.3. The topological polar surface area (TPSA) is 101 Å². The molecule has 184 valence electrons. The smallest absolute Gasteiger partial charge is 0.323 e. The van der Waals surface area contributed by atoms with Crippen LogP contribution in [-0.4, -0.2) is 69.9 Å². The molecule has 0 aromatic heterocycles. The van der Waals surface area contributed by atoms with Gasteiger partial charge >= 0.3 is 6.03 Å². The van der Waals surface area contributed by atoms with Gasteiger partial charge in [0.1, 0.15) is 18.1 Å². The highest BCUT2D eigenvalue weighted by atomic mass is 16.5. The summed E-state index contributed by atoms with van der Waals surface area (Å²) in [4.78, 5) is 27.5. The number of hydrogen-bond donors (Lipinski definition) is 3. The first kappa shape index (κ1) is 25.3. The molecule has 2 aromatic carbocycles. The summed E-state index contributed by atoms with van der Waals surface area (Å²) >= 11 is 0. The summed E-state index contributed by atoms with van der Waals surface area (Å²) < 4.78 is 16.8. The predicted molar refractivity (Wildman–Crippen MR) is 132 cm³/mol. The Hall–Kier alpha value is -3.30. The van der Waals surface area contributed by atoms with Gasteiger partial charge in [-0.05, 0) is 43.2 Å².